The highest BCUT2D eigenvalue weighted by Crippen LogP contribution is 2.37. The molecule has 1 unspecified atom stereocenters. The number of benzene rings is 1. The number of amides is 1. The van der Waals surface area contributed by atoms with E-state index in [9.17, 15) is 9.18 Å². The van der Waals surface area contributed by atoms with Gasteiger partial charge in [-0.1, -0.05) is 23.4 Å². The van der Waals surface area contributed by atoms with Gasteiger partial charge in [-0.2, -0.15) is 0 Å². The summed E-state index contributed by atoms with van der Waals surface area (Å²) in [6, 6.07) is 6.60. The van der Waals surface area contributed by atoms with Gasteiger partial charge in [0.1, 0.15) is 16.9 Å². The van der Waals surface area contributed by atoms with Crippen LogP contribution in [-0.4, -0.2) is 38.1 Å². The fourth-order valence-corrected chi connectivity index (χ4v) is 3.54. The molecule has 21 heavy (non-hydrogen) atoms. The lowest BCUT2D eigenvalue weighted by Gasteiger charge is -2.19. The lowest BCUT2D eigenvalue weighted by molar-refractivity contribution is -0.127. The Hall–Kier alpha value is -1.89. The average molecular weight is 306 g/mol. The number of carbonyl (C=O) groups is 1. The fraction of sp³-hybridized carbons (Fsp3) is 0.357. The number of thioether (sulfide) groups is 1. The Balaban J connectivity index is 1.78. The van der Waals surface area contributed by atoms with Gasteiger partial charge in [-0.15, -0.1) is 16.9 Å². The van der Waals surface area contributed by atoms with Crippen molar-refractivity contribution in [3.63, 3.8) is 0 Å². The smallest absolute Gasteiger partial charge is 0.233 e. The van der Waals surface area contributed by atoms with E-state index in [1.54, 1.807) is 45.7 Å². The third-order valence-corrected chi connectivity index (χ3v) is 4.63. The summed E-state index contributed by atoms with van der Waals surface area (Å²) in [6.07, 6.45) is 1.78. The summed E-state index contributed by atoms with van der Waals surface area (Å²) in [7, 11) is 0. The fourth-order valence-electron chi connectivity index (χ4n) is 2.35. The second kappa shape index (κ2) is 5.85. The van der Waals surface area contributed by atoms with Crippen molar-refractivity contribution >= 4 is 17.7 Å². The molecule has 2 heterocycles. The van der Waals surface area contributed by atoms with E-state index in [0.717, 1.165) is 5.69 Å². The lowest BCUT2D eigenvalue weighted by atomic mass is 10.2. The van der Waals surface area contributed by atoms with Crippen LogP contribution in [0.4, 0.5) is 4.39 Å². The summed E-state index contributed by atoms with van der Waals surface area (Å²) in [5.74, 6) is 0.338. The number of nitrogens with zero attached hydrogens (tertiary/aromatic N) is 4. The molecular formula is C14H15FN4OS. The predicted octanol–water partition coefficient (Wildman–Crippen LogP) is 2.06. The summed E-state index contributed by atoms with van der Waals surface area (Å²) in [5, 5.41) is 8.09. The zero-order valence-electron chi connectivity index (χ0n) is 11.6. The Labute approximate surface area is 126 Å². The molecule has 1 fully saturated rings. The van der Waals surface area contributed by atoms with Gasteiger partial charge in [0, 0.05) is 12.1 Å². The first-order valence-electron chi connectivity index (χ1n) is 6.73. The molecule has 1 aromatic carbocycles. The Morgan fingerprint density at radius 3 is 3.00 bits per heavy atom. The topological polar surface area (TPSA) is 51.0 Å². The Morgan fingerprint density at radius 1 is 1.43 bits per heavy atom. The monoisotopic (exact) mass is 306 g/mol. The average Bonchev–Trinajstić information content (AvgIpc) is 3.07. The van der Waals surface area contributed by atoms with Crippen LogP contribution in [0, 0.1) is 5.82 Å². The van der Waals surface area contributed by atoms with Crippen molar-refractivity contribution < 1.29 is 9.18 Å². The van der Waals surface area contributed by atoms with Crippen LogP contribution in [0.2, 0.25) is 0 Å². The van der Waals surface area contributed by atoms with Gasteiger partial charge in [-0.3, -0.25) is 4.79 Å². The quantitative estimate of drug-likeness (QED) is 0.867. The minimum absolute atomic E-state index is 0.0862. The zero-order chi connectivity index (χ0) is 14.8. The second-order valence-electron chi connectivity index (χ2n) is 4.78. The van der Waals surface area contributed by atoms with Gasteiger partial charge in [0.25, 0.3) is 0 Å². The molecule has 110 valence electrons. The van der Waals surface area contributed by atoms with Gasteiger partial charge >= 0.3 is 0 Å². The summed E-state index contributed by atoms with van der Waals surface area (Å²) in [4.78, 5) is 13.5. The van der Waals surface area contributed by atoms with Crippen molar-refractivity contribution in [3.05, 3.63) is 47.5 Å². The maximum Gasteiger partial charge on any atom is 0.233 e. The first-order chi connectivity index (χ1) is 10.2. The largest absolute Gasteiger partial charge is 0.324 e. The van der Waals surface area contributed by atoms with Crippen LogP contribution in [0.3, 0.4) is 0 Å². The predicted molar refractivity (Wildman–Crippen MR) is 78.1 cm³/mol. The highest BCUT2D eigenvalue weighted by molar-refractivity contribution is 8.00. The third-order valence-electron chi connectivity index (χ3n) is 3.41. The van der Waals surface area contributed by atoms with Gasteiger partial charge in [-0.05, 0) is 13.0 Å². The number of aromatic nitrogens is 3. The molecule has 1 saturated heterocycles. The van der Waals surface area contributed by atoms with Crippen LogP contribution >= 0.6 is 11.8 Å². The van der Waals surface area contributed by atoms with Crippen LogP contribution in [0.1, 0.15) is 23.6 Å². The highest BCUT2D eigenvalue weighted by Gasteiger charge is 2.33. The second-order valence-corrected chi connectivity index (χ2v) is 5.84. The molecular weight excluding hydrogens is 291 g/mol. The van der Waals surface area contributed by atoms with Gasteiger partial charge in [0.2, 0.25) is 5.91 Å². The van der Waals surface area contributed by atoms with Gasteiger partial charge in [-0.25, -0.2) is 9.07 Å². The minimum atomic E-state index is -0.254. The van der Waals surface area contributed by atoms with Crippen molar-refractivity contribution in [1.82, 2.24) is 19.9 Å². The molecule has 0 N–H and O–H groups in total. The summed E-state index contributed by atoms with van der Waals surface area (Å²) in [5.41, 5.74) is 1.31. The SMILES string of the molecule is CCN1C(=O)CSC1c1cn(Cc2ccccc2F)nn1. The molecule has 1 aromatic heterocycles. The normalized spacial score (nSPS) is 18.5. The molecule has 3 rings (SSSR count). The van der Waals surface area contributed by atoms with E-state index in [0.29, 0.717) is 24.4 Å². The molecule has 2 aromatic rings. The molecule has 0 saturated carbocycles. The summed E-state index contributed by atoms with van der Waals surface area (Å²) < 4.78 is 15.2. The first-order valence-corrected chi connectivity index (χ1v) is 7.78. The Bertz CT molecular complexity index is 660. The van der Waals surface area contributed by atoms with Crippen LogP contribution in [0.5, 0.6) is 0 Å². The molecule has 7 heteroatoms. The van der Waals surface area contributed by atoms with Crippen molar-refractivity contribution in [3.8, 4) is 0 Å². The first kappa shape index (κ1) is 14.1. The number of halogens is 1. The molecule has 0 bridgehead atoms. The molecule has 1 atom stereocenters. The minimum Gasteiger partial charge on any atom is -0.324 e. The van der Waals surface area contributed by atoms with E-state index < -0.39 is 0 Å². The molecule has 5 nitrogen and oxygen atoms in total. The summed E-state index contributed by atoms with van der Waals surface area (Å²) >= 11 is 1.55. The highest BCUT2D eigenvalue weighted by atomic mass is 32.2. The zero-order valence-corrected chi connectivity index (χ0v) is 12.4. The molecule has 0 aliphatic carbocycles. The van der Waals surface area contributed by atoms with Crippen molar-refractivity contribution in [2.45, 2.75) is 18.8 Å². The standard InChI is InChI=1S/C14H15FN4OS/c1-2-19-13(20)9-21-14(19)12-8-18(17-16-12)7-10-5-3-4-6-11(10)15/h3-6,8,14H,2,7,9H2,1H3. The molecule has 1 amide bonds. The van der Waals surface area contributed by atoms with Crippen LogP contribution in [-0.2, 0) is 11.3 Å². The Morgan fingerprint density at radius 2 is 2.24 bits per heavy atom. The van der Waals surface area contributed by atoms with Crippen LogP contribution < -0.4 is 0 Å². The van der Waals surface area contributed by atoms with E-state index >= 15 is 0 Å². The number of carbonyl (C=O) groups excluding carboxylic acids is 1. The number of hydrogen-bond acceptors (Lipinski definition) is 4. The number of hydrogen-bond donors (Lipinski definition) is 0. The van der Waals surface area contributed by atoms with E-state index in [1.807, 2.05) is 6.92 Å². The van der Waals surface area contributed by atoms with E-state index in [-0.39, 0.29) is 17.1 Å². The molecule has 0 spiro atoms. The molecule has 0 radical (unpaired) electrons. The third kappa shape index (κ3) is 2.78. The van der Waals surface area contributed by atoms with E-state index in [2.05, 4.69) is 10.3 Å². The maximum atomic E-state index is 13.6. The van der Waals surface area contributed by atoms with E-state index in [1.165, 1.54) is 6.07 Å². The lowest BCUT2D eigenvalue weighted by Crippen LogP contribution is -2.27. The summed E-state index contributed by atoms with van der Waals surface area (Å²) in [6.45, 7) is 2.92. The van der Waals surface area contributed by atoms with Crippen molar-refractivity contribution in [2.75, 3.05) is 12.3 Å². The molecule has 1 aliphatic heterocycles. The Kier molecular flexibility index (Phi) is 3.92. The van der Waals surface area contributed by atoms with Crippen molar-refractivity contribution in [2.24, 2.45) is 0 Å². The van der Waals surface area contributed by atoms with Crippen molar-refractivity contribution in [1.29, 1.82) is 0 Å². The van der Waals surface area contributed by atoms with Gasteiger partial charge in [0.05, 0.1) is 18.5 Å². The number of rotatable bonds is 4. The van der Waals surface area contributed by atoms with Gasteiger partial charge in [0.15, 0.2) is 0 Å². The van der Waals surface area contributed by atoms with Crippen LogP contribution in [0.25, 0.3) is 0 Å². The van der Waals surface area contributed by atoms with Crippen LogP contribution in [0.15, 0.2) is 30.5 Å². The van der Waals surface area contributed by atoms with E-state index in [4.69, 9.17) is 0 Å². The maximum absolute atomic E-state index is 13.6. The van der Waals surface area contributed by atoms with Gasteiger partial charge < -0.3 is 4.90 Å². The molecule has 1 aliphatic rings.